The van der Waals surface area contributed by atoms with E-state index in [0.29, 0.717) is 11.3 Å². The smallest absolute Gasteiger partial charge is 0.263 e. The molecule has 0 radical (unpaired) electrons. The number of para-hydroxylation sites is 1. The lowest BCUT2D eigenvalue weighted by molar-refractivity contribution is 0.0991. The number of H-pyrrole nitrogens is 1. The SMILES string of the molecule is CN(C(=O)c1c[nH]ccc1=O)c1ccccc1/C(N)=N/O. The largest absolute Gasteiger partial charge is 0.409 e. The van der Waals surface area contributed by atoms with E-state index in [1.807, 2.05) is 0 Å². The van der Waals surface area contributed by atoms with Crippen LogP contribution in [0.1, 0.15) is 15.9 Å². The topological polar surface area (TPSA) is 112 Å². The molecule has 0 aliphatic rings. The maximum absolute atomic E-state index is 12.4. The monoisotopic (exact) mass is 286 g/mol. The molecule has 0 spiro atoms. The Balaban J connectivity index is 2.46. The fourth-order valence-corrected chi connectivity index (χ4v) is 1.91. The van der Waals surface area contributed by atoms with Gasteiger partial charge in [0, 0.05) is 31.1 Å². The van der Waals surface area contributed by atoms with E-state index < -0.39 is 5.91 Å². The first-order valence-electron chi connectivity index (χ1n) is 6.08. The van der Waals surface area contributed by atoms with Crippen molar-refractivity contribution in [2.24, 2.45) is 10.9 Å². The van der Waals surface area contributed by atoms with Crippen molar-refractivity contribution >= 4 is 17.4 Å². The number of carbonyl (C=O) groups excluding carboxylic acids is 1. The Bertz CT molecular complexity index is 752. The molecule has 2 aromatic rings. The Hall–Kier alpha value is -3.09. The fraction of sp³-hybridized carbons (Fsp3) is 0.0714. The molecule has 21 heavy (non-hydrogen) atoms. The Morgan fingerprint density at radius 1 is 1.29 bits per heavy atom. The van der Waals surface area contributed by atoms with Crippen molar-refractivity contribution in [1.29, 1.82) is 0 Å². The summed E-state index contributed by atoms with van der Waals surface area (Å²) in [6.07, 6.45) is 2.79. The second-order valence-corrected chi connectivity index (χ2v) is 4.29. The van der Waals surface area contributed by atoms with Crippen molar-refractivity contribution in [1.82, 2.24) is 4.98 Å². The third-order valence-corrected chi connectivity index (χ3v) is 3.01. The number of carbonyl (C=O) groups is 1. The van der Waals surface area contributed by atoms with Crippen molar-refractivity contribution in [3.8, 4) is 0 Å². The van der Waals surface area contributed by atoms with Crippen LogP contribution in [0, 0.1) is 0 Å². The molecule has 0 saturated carbocycles. The van der Waals surface area contributed by atoms with Gasteiger partial charge in [-0.2, -0.15) is 0 Å². The van der Waals surface area contributed by atoms with E-state index in [1.54, 1.807) is 24.3 Å². The van der Waals surface area contributed by atoms with Gasteiger partial charge in [0.2, 0.25) is 0 Å². The maximum Gasteiger partial charge on any atom is 0.263 e. The van der Waals surface area contributed by atoms with Crippen molar-refractivity contribution in [3.63, 3.8) is 0 Å². The summed E-state index contributed by atoms with van der Waals surface area (Å²) in [6, 6.07) is 7.94. The molecular formula is C14H14N4O3. The second-order valence-electron chi connectivity index (χ2n) is 4.29. The molecule has 1 amide bonds. The minimum atomic E-state index is -0.491. The molecule has 7 nitrogen and oxygen atoms in total. The van der Waals surface area contributed by atoms with E-state index in [9.17, 15) is 9.59 Å². The average Bonchev–Trinajstić information content (AvgIpc) is 2.53. The Morgan fingerprint density at radius 3 is 2.67 bits per heavy atom. The van der Waals surface area contributed by atoms with E-state index in [2.05, 4.69) is 10.1 Å². The van der Waals surface area contributed by atoms with E-state index >= 15 is 0 Å². The van der Waals surface area contributed by atoms with Crippen LogP contribution in [-0.2, 0) is 0 Å². The summed E-state index contributed by atoms with van der Waals surface area (Å²) in [6.45, 7) is 0. The summed E-state index contributed by atoms with van der Waals surface area (Å²) < 4.78 is 0. The summed E-state index contributed by atoms with van der Waals surface area (Å²) in [7, 11) is 1.51. The van der Waals surface area contributed by atoms with Gasteiger partial charge in [0.1, 0.15) is 5.56 Å². The molecule has 0 fully saturated rings. The minimum absolute atomic E-state index is 0.00862. The minimum Gasteiger partial charge on any atom is -0.409 e. The lowest BCUT2D eigenvalue weighted by atomic mass is 10.1. The Labute approximate surface area is 120 Å². The number of hydrogen-bond donors (Lipinski definition) is 3. The third kappa shape index (κ3) is 2.76. The second kappa shape index (κ2) is 5.91. The lowest BCUT2D eigenvalue weighted by Gasteiger charge is -2.19. The number of nitrogens with one attached hydrogen (secondary N) is 1. The Morgan fingerprint density at radius 2 is 2.00 bits per heavy atom. The molecule has 0 bridgehead atoms. The number of hydrogen-bond acceptors (Lipinski definition) is 4. The summed E-state index contributed by atoms with van der Waals surface area (Å²) in [5, 5.41) is 11.7. The molecule has 0 atom stereocenters. The number of nitrogens with zero attached hydrogens (tertiary/aromatic N) is 2. The summed E-state index contributed by atoms with van der Waals surface area (Å²) in [5.74, 6) is -0.609. The van der Waals surface area contributed by atoms with Crippen molar-refractivity contribution < 1.29 is 10.0 Å². The van der Waals surface area contributed by atoms with Crippen molar-refractivity contribution in [3.05, 3.63) is 64.1 Å². The van der Waals surface area contributed by atoms with Gasteiger partial charge in [-0.25, -0.2) is 0 Å². The van der Waals surface area contributed by atoms with Crippen LogP contribution in [0.25, 0.3) is 0 Å². The third-order valence-electron chi connectivity index (χ3n) is 3.01. The van der Waals surface area contributed by atoms with Gasteiger partial charge in [0.15, 0.2) is 11.3 Å². The quantitative estimate of drug-likeness (QED) is 0.334. The maximum atomic E-state index is 12.4. The van der Waals surface area contributed by atoms with E-state index in [1.165, 1.54) is 30.4 Å². The van der Waals surface area contributed by atoms with E-state index in [0.717, 1.165) is 0 Å². The van der Waals surface area contributed by atoms with Crippen LogP contribution in [0.4, 0.5) is 5.69 Å². The Kier molecular flexibility index (Phi) is 4.03. The molecule has 1 heterocycles. The highest BCUT2D eigenvalue weighted by Crippen LogP contribution is 2.20. The van der Waals surface area contributed by atoms with Gasteiger partial charge in [-0.3, -0.25) is 9.59 Å². The van der Waals surface area contributed by atoms with Gasteiger partial charge in [0.05, 0.1) is 5.69 Å². The number of anilines is 1. The van der Waals surface area contributed by atoms with Crippen LogP contribution < -0.4 is 16.1 Å². The van der Waals surface area contributed by atoms with Gasteiger partial charge >= 0.3 is 0 Å². The molecule has 0 aliphatic carbocycles. The fourth-order valence-electron chi connectivity index (χ4n) is 1.91. The molecule has 1 aromatic carbocycles. The number of oxime groups is 1. The highest BCUT2D eigenvalue weighted by atomic mass is 16.4. The van der Waals surface area contributed by atoms with Crippen LogP contribution >= 0.6 is 0 Å². The van der Waals surface area contributed by atoms with Crippen molar-refractivity contribution in [2.45, 2.75) is 0 Å². The molecule has 2 rings (SSSR count). The standard InChI is InChI=1S/C14H14N4O3/c1-18(14(20)10-8-16-7-6-12(10)19)11-5-3-2-4-9(11)13(15)17-21/h2-8,21H,1H3,(H2,15,17)(H,16,19). The van der Waals surface area contributed by atoms with Crippen LogP contribution in [0.15, 0.2) is 52.7 Å². The number of nitrogens with two attached hydrogens (primary N) is 1. The first kappa shape index (κ1) is 14.3. The van der Waals surface area contributed by atoms with Crippen LogP contribution in [0.5, 0.6) is 0 Å². The zero-order valence-corrected chi connectivity index (χ0v) is 11.3. The number of benzene rings is 1. The normalized spacial score (nSPS) is 11.2. The summed E-state index contributed by atoms with van der Waals surface area (Å²) in [4.78, 5) is 28.1. The zero-order valence-electron chi connectivity index (χ0n) is 11.3. The highest BCUT2D eigenvalue weighted by Gasteiger charge is 2.19. The first-order valence-corrected chi connectivity index (χ1v) is 6.08. The molecular weight excluding hydrogens is 272 g/mol. The van der Waals surface area contributed by atoms with Gasteiger partial charge < -0.3 is 20.8 Å². The average molecular weight is 286 g/mol. The summed E-state index contributed by atoms with van der Waals surface area (Å²) in [5.41, 5.74) is 6.05. The predicted molar refractivity (Wildman–Crippen MR) is 78.7 cm³/mol. The van der Waals surface area contributed by atoms with Crippen molar-refractivity contribution in [2.75, 3.05) is 11.9 Å². The van der Waals surface area contributed by atoms with Gasteiger partial charge in [-0.05, 0) is 12.1 Å². The van der Waals surface area contributed by atoms with Gasteiger partial charge in [-0.1, -0.05) is 17.3 Å². The number of amidine groups is 1. The van der Waals surface area contributed by atoms with Crippen LogP contribution in [-0.4, -0.2) is 29.0 Å². The molecule has 1 aromatic heterocycles. The van der Waals surface area contributed by atoms with Crippen LogP contribution in [0.3, 0.4) is 0 Å². The number of pyridine rings is 1. The molecule has 0 aliphatic heterocycles. The molecule has 7 heteroatoms. The zero-order chi connectivity index (χ0) is 15.4. The van der Waals surface area contributed by atoms with Crippen LogP contribution in [0.2, 0.25) is 0 Å². The predicted octanol–water partition coefficient (Wildman–Crippen LogP) is 0.746. The van der Waals surface area contributed by atoms with Gasteiger partial charge in [0.25, 0.3) is 5.91 Å². The van der Waals surface area contributed by atoms with Gasteiger partial charge in [-0.15, -0.1) is 0 Å². The molecule has 108 valence electrons. The molecule has 0 saturated heterocycles. The lowest BCUT2D eigenvalue weighted by Crippen LogP contribution is -2.32. The number of rotatable bonds is 3. The van der Waals surface area contributed by atoms with E-state index in [4.69, 9.17) is 10.9 Å². The molecule has 0 unspecified atom stereocenters. The number of aromatic amines is 1. The van der Waals surface area contributed by atoms with E-state index in [-0.39, 0.29) is 16.8 Å². The first-order chi connectivity index (χ1) is 10.1. The highest BCUT2D eigenvalue weighted by molar-refractivity contribution is 6.10. The number of amides is 1. The molecule has 4 N–H and O–H groups in total. The summed E-state index contributed by atoms with van der Waals surface area (Å²) >= 11 is 0. The number of aromatic nitrogens is 1.